The number of nitrogens with zero attached hydrogens (tertiary/aromatic N) is 1. The Hall–Kier alpha value is -2.04. The average molecular weight is 290 g/mol. The predicted octanol–water partition coefficient (Wildman–Crippen LogP) is 1.37. The van der Waals surface area contributed by atoms with Crippen LogP contribution in [0.5, 0.6) is 5.75 Å². The molecule has 114 valence electrons. The first-order valence-corrected chi connectivity index (χ1v) is 7.36. The Morgan fingerprint density at radius 1 is 1.19 bits per heavy atom. The highest BCUT2D eigenvalue weighted by molar-refractivity contribution is 5.96. The van der Waals surface area contributed by atoms with Gasteiger partial charge in [-0.3, -0.25) is 9.59 Å². The van der Waals surface area contributed by atoms with Crippen molar-refractivity contribution >= 4 is 11.8 Å². The Labute approximate surface area is 125 Å². The highest BCUT2D eigenvalue weighted by atomic mass is 16.5. The Morgan fingerprint density at radius 2 is 1.86 bits per heavy atom. The topological polar surface area (TPSA) is 58.6 Å². The Morgan fingerprint density at radius 3 is 2.48 bits per heavy atom. The molecule has 0 radical (unpaired) electrons. The molecule has 5 heteroatoms. The fraction of sp³-hybridized carbons (Fsp3) is 0.500. The minimum Gasteiger partial charge on any atom is -0.497 e. The Bertz CT molecular complexity index is 479. The van der Waals surface area contributed by atoms with Gasteiger partial charge in [0.05, 0.1) is 7.11 Å². The van der Waals surface area contributed by atoms with E-state index in [-0.39, 0.29) is 18.2 Å². The van der Waals surface area contributed by atoms with Crippen molar-refractivity contribution in [2.24, 2.45) is 0 Å². The lowest BCUT2D eigenvalue weighted by Crippen LogP contribution is -2.34. The Balaban J connectivity index is 1.67. The van der Waals surface area contributed by atoms with Gasteiger partial charge in [-0.2, -0.15) is 0 Å². The molecule has 0 bridgehead atoms. The maximum atomic E-state index is 11.8. The van der Waals surface area contributed by atoms with Crippen molar-refractivity contribution in [2.45, 2.75) is 25.7 Å². The van der Waals surface area contributed by atoms with Crippen molar-refractivity contribution < 1.29 is 14.3 Å². The van der Waals surface area contributed by atoms with Crippen molar-refractivity contribution in [1.82, 2.24) is 10.2 Å². The van der Waals surface area contributed by atoms with Gasteiger partial charge in [-0.25, -0.2) is 0 Å². The van der Waals surface area contributed by atoms with Gasteiger partial charge in [0.15, 0.2) is 0 Å². The van der Waals surface area contributed by atoms with Gasteiger partial charge in [-0.15, -0.1) is 0 Å². The smallest absolute Gasteiger partial charge is 0.232 e. The van der Waals surface area contributed by atoms with Crippen LogP contribution < -0.4 is 10.1 Å². The van der Waals surface area contributed by atoms with Gasteiger partial charge in [0.2, 0.25) is 11.8 Å². The highest BCUT2D eigenvalue weighted by Gasteiger charge is 2.19. The van der Waals surface area contributed by atoms with Crippen molar-refractivity contribution in [3.63, 3.8) is 0 Å². The standard InChI is InChI=1S/C16H22N2O3/c1-21-14-6-4-13(5-7-14)8-9-17-15(19)12-16(20)18-10-2-3-11-18/h4-7H,2-3,8-12H2,1H3,(H,17,19). The summed E-state index contributed by atoms with van der Waals surface area (Å²) in [4.78, 5) is 25.3. The summed E-state index contributed by atoms with van der Waals surface area (Å²) in [6.45, 7) is 2.12. The van der Waals surface area contributed by atoms with E-state index in [1.54, 1.807) is 12.0 Å². The fourth-order valence-corrected chi connectivity index (χ4v) is 2.42. The summed E-state index contributed by atoms with van der Waals surface area (Å²) in [5.41, 5.74) is 1.13. The number of hydrogen-bond donors (Lipinski definition) is 1. The molecule has 1 aliphatic heterocycles. The first-order valence-electron chi connectivity index (χ1n) is 7.36. The second kappa shape index (κ2) is 7.67. The van der Waals surface area contributed by atoms with E-state index < -0.39 is 0 Å². The molecule has 0 aromatic heterocycles. The minimum atomic E-state index is -0.194. The highest BCUT2D eigenvalue weighted by Crippen LogP contribution is 2.11. The van der Waals surface area contributed by atoms with Crippen molar-refractivity contribution in [1.29, 1.82) is 0 Å². The molecule has 0 spiro atoms. The minimum absolute atomic E-state index is 0.0391. The molecule has 1 N–H and O–H groups in total. The summed E-state index contributed by atoms with van der Waals surface area (Å²) >= 11 is 0. The Kier molecular flexibility index (Phi) is 5.60. The van der Waals surface area contributed by atoms with Crippen LogP contribution in [-0.4, -0.2) is 43.5 Å². The monoisotopic (exact) mass is 290 g/mol. The van der Waals surface area contributed by atoms with Crippen LogP contribution in [0.2, 0.25) is 0 Å². The molecule has 0 unspecified atom stereocenters. The largest absolute Gasteiger partial charge is 0.497 e. The van der Waals surface area contributed by atoms with Crippen molar-refractivity contribution in [3.8, 4) is 5.75 Å². The molecular weight excluding hydrogens is 268 g/mol. The third kappa shape index (κ3) is 4.77. The summed E-state index contributed by atoms with van der Waals surface area (Å²) in [7, 11) is 1.63. The predicted molar refractivity (Wildman–Crippen MR) is 80.1 cm³/mol. The molecule has 0 saturated carbocycles. The number of methoxy groups -OCH3 is 1. The number of hydrogen-bond acceptors (Lipinski definition) is 3. The fourth-order valence-electron chi connectivity index (χ4n) is 2.42. The molecule has 0 atom stereocenters. The van der Waals surface area contributed by atoms with E-state index in [1.807, 2.05) is 24.3 Å². The first-order chi connectivity index (χ1) is 10.2. The van der Waals surface area contributed by atoms with Crippen LogP contribution >= 0.6 is 0 Å². The van der Waals surface area contributed by atoms with Gasteiger partial charge < -0.3 is 15.0 Å². The van der Waals surface area contributed by atoms with Crippen molar-refractivity contribution in [2.75, 3.05) is 26.7 Å². The van der Waals surface area contributed by atoms with E-state index in [0.717, 1.165) is 43.7 Å². The molecule has 21 heavy (non-hydrogen) atoms. The molecular formula is C16H22N2O3. The van der Waals surface area contributed by atoms with Gasteiger partial charge in [0.1, 0.15) is 12.2 Å². The maximum Gasteiger partial charge on any atom is 0.232 e. The lowest BCUT2D eigenvalue weighted by Gasteiger charge is -2.14. The summed E-state index contributed by atoms with van der Waals surface area (Å²) in [5.74, 6) is 0.564. The van der Waals surface area contributed by atoms with Crippen LogP contribution in [0.25, 0.3) is 0 Å². The molecule has 1 aromatic rings. The van der Waals surface area contributed by atoms with Crippen LogP contribution in [0, 0.1) is 0 Å². The van der Waals surface area contributed by atoms with E-state index in [0.29, 0.717) is 6.54 Å². The van der Waals surface area contributed by atoms with Crippen molar-refractivity contribution in [3.05, 3.63) is 29.8 Å². The quantitative estimate of drug-likeness (QED) is 0.805. The lowest BCUT2D eigenvalue weighted by atomic mass is 10.1. The number of amides is 2. The second-order valence-electron chi connectivity index (χ2n) is 5.21. The zero-order chi connectivity index (χ0) is 15.1. The van der Waals surface area contributed by atoms with Crippen LogP contribution in [-0.2, 0) is 16.0 Å². The van der Waals surface area contributed by atoms with E-state index in [9.17, 15) is 9.59 Å². The second-order valence-corrected chi connectivity index (χ2v) is 5.21. The molecule has 2 amide bonds. The van der Waals surface area contributed by atoms with E-state index >= 15 is 0 Å². The molecule has 5 nitrogen and oxygen atoms in total. The average Bonchev–Trinajstić information content (AvgIpc) is 3.02. The number of nitrogens with one attached hydrogen (secondary N) is 1. The lowest BCUT2D eigenvalue weighted by molar-refractivity contribution is -0.135. The molecule has 0 aliphatic carbocycles. The van der Waals surface area contributed by atoms with Gasteiger partial charge in [0, 0.05) is 19.6 Å². The summed E-state index contributed by atoms with van der Waals surface area (Å²) in [6.07, 6.45) is 2.80. The first kappa shape index (κ1) is 15.4. The SMILES string of the molecule is COc1ccc(CCNC(=O)CC(=O)N2CCCC2)cc1. The zero-order valence-corrected chi connectivity index (χ0v) is 12.4. The third-order valence-electron chi connectivity index (χ3n) is 3.67. The zero-order valence-electron chi connectivity index (χ0n) is 12.4. The number of ether oxygens (including phenoxy) is 1. The summed E-state index contributed by atoms with van der Waals surface area (Å²) in [6, 6.07) is 7.74. The molecule has 1 fully saturated rings. The molecule has 2 rings (SSSR count). The molecule has 1 saturated heterocycles. The number of carbonyl (C=O) groups is 2. The van der Waals surface area contributed by atoms with Gasteiger partial charge in [-0.05, 0) is 37.0 Å². The van der Waals surface area contributed by atoms with E-state index in [1.165, 1.54) is 0 Å². The van der Waals surface area contributed by atoms with Gasteiger partial charge >= 0.3 is 0 Å². The number of benzene rings is 1. The summed E-state index contributed by atoms with van der Waals surface area (Å²) in [5, 5.41) is 2.80. The van der Waals surface area contributed by atoms with Gasteiger partial charge in [0.25, 0.3) is 0 Å². The van der Waals surface area contributed by atoms with Crippen LogP contribution in [0.1, 0.15) is 24.8 Å². The van der Waals surface area contributed by atoms with E-state index in [4.69, 9.17) is 4.74 Å². The normalized spacial score (nSPS) is 14.0. The molecule has 1 heterocycles. The van der Waals surface area contributed by atoms with Crippen LogP contribution in [0.15, 0.2) is 24.3 Å². The number of likely N-dealkylation sites (tertiary alicyclic amines) is 1. The van der Waals surface area contributed by atoms with Crippen LogP contribution in [0.3, 0.4) is 0 Å². The maximum absolute atomic E-state index is 11.8. The number of rotatable bonds is 6. The van der Waals surface area contributed by atoms with Crippen LogP contribution in [0.4, 0.5) is 0 Å². The molecule has 1 aromatic carbocycles. The van der Waals surface area contributed by atoms with Gasteiger partial charge in [-0.1, -0.05) is 12.1 Å². The molecule has 1 aliphatic rings. The van der Waals surface area contributed by atoms with E-state index in [2.05, 4.69) is 5.32 Å². The number of carbonyl (C=O) groups excluding carboxylic acids is 2. The summed E-state index contributed by atoms with van der Waals surface area (Å²) < 4.78 is 5.09. The third-order valence-corrected chi connectivity index (χ3v) is 3.67.